The van der Waals surface area contributed by atoms with E-state index in [-0.39, 0.29) is 17.4 Å². The lowest BCUT2D eigenvalue weighted by atomic mass is 9.83. The van der Waals surface area contributed by atoms with Crippen LogP contribution in [0, 0.1) is 18.3 Å². The van der Waals surface area contributed by atoms with E-state index in [2.05, 4.69) is 6.07 Å². The Labute approximate surface area is 207 Å². The van der Waals surface area contributed by atoms with E-state index in [0.29, 0.717) is 29.2 Å². The van der Waals surface area contributed by atoms with Crippen LogP contribution >= 0.6 is 0 Å². The van der Waals surface area contributed by atoms with Crippen molar-refractivity contribution < 1.29 is 23.4 Å². The van der Waals surface area contributed by atoms with Crippen LogP contribution in [0.1, 0.15) is 38.7 Å². The third-order valence-corrected chi connectivity index (χ3v) is 5.84. The molecule has 3 aromatic carbocycles. The predicted molar refractivity (Wildman–Crippen MR) is 131 cm³/mol. The van der Waals surface area contributed by atoms with Gasteiger partial charge in [0.05, 0.1) is 12.2 Å². The monoisotopic (exact) mass is 478 g/mol. The number of fused-ring (bicyclic) bond motifs is 1. The maximum absolute atomic E-state index is 12.3. The number of carbonyl (C=O) groups is 1. The van der Waals surface area contributed by atoms with E-state index in [1.54, 1.807) is 24.3 Å². The smallest absolute Gasteiger partial charge is 0.379 e. The van der Waals surface area contributed by atoms with E-state index >= 15 is 0 Å². The van der Waals surface area contributed by atoms with Gasteiger partial charge in [0.25, 0.3) is 0 Å². The quantitative estimate of drug-likeness (QED) is 0.284. The van der Waals surface area contributed by atoms with E-state index in [4.69, 9.17) is 24.4 Å². The number of allylic oxidation sites excluding steroid dienone is 1. The lowest BCUT2D eigenvalue weighted by molar-refractivity contribution is 0.0701. The van der Waals surface area contributed by atoms with Crippen molar-refractivity contribution in [3.63, 3.8) is 0 Å². The molecule has 0 saturated heterocycles. The van der Waals surface area contributed by atoms with Gasteiger partial charge in [0.15, 0.2) is 0 Å². The molecule has 0 amide bonds. The fourth-order valence-corrected chi connectivity index (χ4v) is 4.03. The molecular weight excluding hydrogens is 456 g/mol. The largest absolute Gasteiger partial charge is 0.489 e. The molecule has 178 valence electrons. The number of ether oxygens (including phenoxy) is 3. The molecular formula is C29H22N2O5. The highest BCUT2D eigenvalue weighted by Gasteiger charge is 2.31. The topological polar surface area (TPSA) is 108 Å². The van der Waals surface area contributed by atoms with E-state index in [1.165, 1.54) is 17.9 Å². The highest BCUT2D eigenvalue weighted by atomic mass is 16.5. The lowest BCUT2D eigenvalue weighted by Gasteiger charge is -2.27. The Bertz CT molecular complexity index is 1480. The Morgan fingerprint density at radius 1 is 1.03 bits per heavy atom. The Morgan fingerprint density at radius 2 is 1.86 bits per heavy atom. The van der Waals surface area contributed by atoms with Gasteiger partial charge in [-0.2, -0.15) is 5.26 Å². The summed E-state index contributed by atoms with van der Waals surface area (Å²) < 4.78 is 22.2. The number of esters is 1. The van der Waals surface area contributed by atoms with Crippen LogP contribution in [0.5, 0.6) is 17.2 Å². The van der Waals surface area contributed by atoms with Crippen molar-refractivity contribution in [2.24, 2.45) is 5.73 Å². The number of nitriles is 1. The summed E-state index contributed by atoms with van der Waals surface area (Å²) in [7, 11) is 0. The van der Waals surface area contributed by atoms with Gasteiger partial charge < -0.3 is 24.4 Å². The fourth-order valence-electron chi connectivity index (χ4n) is 4.03. The highest BCUT2D eigenvalue weighted by Crippen LogP contribution is 2.44. The zero-order valence-electron chi connectivity index (χ0n) is 19.4. The van der Waals surface area contributed by atoms with Crippen LogP contribution < -0.4 is 19.9 Å². The third kappa shape index (κ3) is 4.65. The zero-order chi connectivity index (χ0) is 25.1. The molecule has 0 spiro atoms. The summed E-state index contributed by atoms with van der Waals surface area (Å²) in [6, 6.07) is 26.0. The van der Waals surface area contributed by atoms with Gasteiger partial charge in [-0.25, -0.2) is 4.79 Å². The van der Waals surface area contributed by atoms with Crippen molar-refractivity contribution in [1.82, 2.24) is 0 Å². The van der Waals surface area contributed by atoms with Crippen molar-refractivity contribution in [2.45, 2.75) is 19.4 Å². The van der Waals surface area contributed by atoms with Crippen LogP contribution in [-0.4, -0.2) is 5.97 Å². The number of hydrogen-bond donors (Lipinski definition) is 1. The van der Waals surface area contributed by atoms with Gasteiger partial charge >= 0.3 is 5.97 Å². The van der Waals surface area contributed by atoms with E-state index in [1.807, 2.05) is 55.5 Å². The van der Waals surface area contributed by atoms with Gasteiger partial charge in [-0.05, 0) is 48.4 Å². The Kier molecular flexibility index (Phi) is 6.16. The molecule has 0 saturated carbocycles. The second-order valence-electron chi connectivity index (χ2n) is 8.34. The normalized spacial score (nSPS) is 14.4. The van der Waals surface area contributed by atoms with E-state index in [9.17, 15) is 10.1 Å². The molecule has 4 aromatic rings. The molecule has 36 heavy (non-hydrogen) atoms. The molecule has 0 bridgehead atoms. The molecule has 7 nitrogen and oxygen atoms in total. The standard InChI is InChI=1S/C29H22N2O5/c1-18-7-9-19(10-8-18)17-34-21-5-2-4-20(14-21)27-23-12-11-22(35-29(32)25-6-3-13-33-25)15-26(23)36-28(31)24(27)16-30/h2-15,27H,17,31H2,1H3. The number of carbonyl (C=O) groups excluding carboxylic acids is 1. The molecule has 5 rings (SSSR count). The Balaban J connectivity index is 1.42. The first kappa shape index (κ1) is 22.8. The van der Waals surface area contributed by atoms with Crippen molar-refractivity contribution in [3.05, 3.63) is 125 Å². The SMILES string of the molecule is Cc1ccc(COc2cccc(C3C(C#N)=C(N)Oc4cc(OC(=O)c5ccco5)ccc43)c2)cc1. The van der Waals surface area contributed by atoms with Crippen molar-refractivity contribution in [1.29, 1.82) is 5.26 Å². The molecule has 7 heteroatoms. The van der Waals surface area contributed by atoms with Crippen LogP contribution in [0.2, 0.25) is 0 Å². The van der Waals surface area contributed by atoms with Crippen LogP contribution in [0.3, 0.4) is 0 Å². The number of nitrogens with zero attached hydrogens (tertiary/aromatic N) is 1. The van der Waals surface area contributed by atoms with Crippen LogP contribution in [0.4, 0.5) is 0 Å². The summed E-state index contributed by atoms with van der Waals surface area (Å²) in [6.45, 7) is 2.46. The first-order valence-electron chi connectivity index (χ1n) is 11.3. The van der Waals surface area contributed by atoms with Gasteiger partial charge in [-0.3, -0.25) is 0 Å². The van der Waals surface area contributed by atoms with Gasteiger partial charge in [0.2, 0.25) is 11.6 Å². The minimum Gasteiger partial charge on any atom is -0.489 e. The molecule has 1 aromatic heterocycles. The Morgan fingerprint density at radius 3 is 2.61 bits per heavy atom. The Hall–Kier alpha value is -4.96. The average molecular weight is 479 g/mol. The molecule has 0 fully saturated rings. The van der Waals surface area contributed by atoms with Crippen molar-refractivity contribution in [2.75, 3.05) is 0 Å². The predicted octanol–water partition coefficient (Wildman–Crippen LogP) is 5.60. The molecule has 1 aliphatic rings. The van der Waals surface area contributed by atoms with E-state index in [0.717, 1.165) is 11.1 Å². The number of aryl methyl sites for hydroxylation is 1. The first-order chi connectivity index (χ1) is 17.5. The zero-order valence-corrected chi connectivity index (χ0v) is 19.4. The summed E-state index contributed by atoms with van der Waals surface area (Å²) in [5, 5.41) is 9.86. The first-order valence-corrected chi connectivity index (χ1v) is 11.3. The van der Waals surface area contributed by atoms with Gasteiger partial charge in [-0.15, -0.1) is 0 Å². The van der Waals surface area contributed by atoms with Crippen molar-refractivity contribution >= 4 is 5.97 Å². The highest BCUT2D eigenvalue weighted by molar-refractivity contribution is 5.88. The summed E-state index contributed by atoms with van der Waals surface area (Å²) in [5.74, 6) is 0.296. The second kappa shape index (κ2) is 9.72. The van der Waals surface area contributed by atoms with Crippen LogP contribution in [-0.2, 0) is 6.61 Å². The molecule has 1 aliphatic heterocycles. The maximum atomic E-state index is 12.3. The maximum Gasteiger partial charge on any atom is 0.379 e. The summed E-state index contributed by atoms with van der Waals surface area (Å²) in [6.07, 6.45) is 1.39. The summed E-state index contributed by atoms with van der Waals surface area (Å²) >= 11 is 0. The summed E-state index contributed by atoms with van der Waals surface area (Å²) in [4.78, 5) is 12.3. The average Bonchev–Trinajstić information content (AvgIpc) is 3.43. The number of benzene rings is 3. The summed E-state index contributed by atoms with van der Waals surface area (Å²) in [5.41, 5.74) is 10.2. The number of hydrogen-bond acceptors (Lipinski definition) is 7. The van der Waals surface area contributed by atoms with Gasteiger partial charge in [0, 0.05) is 11.6 Å². The molecule has 1 unspecified atom stereocenters. The van der Waals surface area contributed by atoms with Gasteiger partial charge in [-0.1, -0.05) is 48.0 Å². The molecule has 2 heterocycles. The lowest BCUT2D eigenvalue weighted by Crippen LogP contribution is -2.21. The number of furan rings is 1. The van der Waals surface area contributed by atoms with Crippen molar-refractivity contribution in [3.8, 4) is 23.3 Å². The molecule has 1 atom stereocenters. The minimum atomic E-state index is -0.632. The molecule has 0 radical (unpaired) electrons. The number of nitrogens with two attached hydrogens (primary N) is 1. The van der Waals surface area contributed by atoms with Crippen LogP contribution in [0.25, 0.3) is 0 Å². The van der Waals surface area contributed by atoms with E-state index < -0.39 is 11.9 Å². The van der Waals surface area contributed by atoms with Crippen LogP contribution in [0.15, 0.2) is 101 Å². The molecule has 2 N–H and O–H groups in total. The van der Waals surface area contributed by atoms with Gasteiger partial charge in [0.1, 0.15) is 35.5 Å². The number of rotatable bonds is 6. The second-order valence-corrected chi connectivity index (χ2v) is 8.34. The molecule has 0 aliphatic carbocycles. The minimum absolute atomic E-state index is 0.00418. The fraction of sp³-hybridized carbons (Fsp3) is 0.103. The third-order valence-electron chi connectivity index (χ3n) is 5.84.